The molecule has 0 aliphatic carbocycles. The zero-order valence-corrected chi connectivity index (χ0v) is 17.9. The summed E-state index contributed by atoms with van der Waals surface area (Å²) in [6.07, 6.45) is 1.74. The molecule has 6 heteroatoms. The van der Waals surface area contributed by atoms with Crippen molar-refractivity contribution in [2.45, 2.75) is 27.3 Å². The maximum absolute atomic E-state index is 5.67. The molecule has 0 heterocycles. The Hall–Kier alpha value is -1.28. The molecule has 1 aromatic carbocycles. The lowest BCUT2D eigenvalue weighted by atomic mass is 10.2. The molecule has 0 aliphatic heterocycles. The summed E-state index contributed by atoms with van der Waals surface area (Å²) in [6.45, 7) is 14.1. The fraction of sp³-hybridized carbons (Fsp3) is 0.526. The van der Waals surface area contributed by atoms with E-state index in [4.69, 9.17) is 9.47 Å². The summed E-state index contributed by atoms with van der Waals surface area (Å²) in [5.41, 5.74) is 1.05. The third-order valence-electron chi connectivity index (χ3n) is 3.07. The first kappa shape index (κ1) is 23.7. The molecule has 0 aromatic heterocycles. The number of ether oxygens (including phenoxy) is 2. The monoisotopic (exact) mass is 461 g/mol. The summed E-state index contributed by atoms with van der Waals surface area (Å²) in [7, 11) is 0. The van der Waals surface area contributed by atoms with Gasteiger partial charge in [0, 0.05) is 25.3 Å². The summed E-state index contributed by atoms with van der Waals surface area (Å²) in [5, 5.41) is 6.53. The molecular formula is C19H32IN3O2. The van der Waals surface area contributed by atoms with Crippen molar-refractivity contribution in [3.05, 3.63) is 42.5 Å². The molecule has 0 atom stereocenters. The Balaban J connectivity index is 0.00000576. The molecule has 1 rings (SSSR count). The second-order valence-electron chi connectivity index (χ2n) is 5.80. The van der Waals surface area contributed by atoms with Gasteiger partial charge in [0.05, 0.1) is 13.2 Å². The molecule has 0 aliphatic rings. The van der Waals surface area contributed by atoms with E-state index >= 15 is 0 Å². The van der Waals surface area contributed by atoms with Crippen molar-refractivity contribution in [1.29, 1.82) is 0 Å². The number of benzene rings is 1. The Kier molecular flexibility index (Phi) is 14.2. The fourth-order valence-corrected chi connectivity index (χ4v) is 1.99. The van der Waals surface area contributed by atoms with Crippen LogP contribution in [0.3, 0.4) is 0 Å². The van der Waals surface area contributed by atoms with Crippen LogP contribution in [-0.4, -0.2) is 38.9 Å². The molecular weight excluding hydrogens is 429 g/mol. The number of halogens is 1. The Labute approximate surface area is 169 Å². The summed E-state index contributed by atoms with van der Waals surface area (Å²) in [6, 6.07) is 7.93. The lowest BCUT2D eigenvalue weighted by molar-refractivity contribution is 0.114. The van der Waals surface area contributed by atoms with Crippen LogP contribution in [0, 0.1) is 5.92 Å². The standard InChI is InChI=1S/C19H31N3O2.HI/c1-5-12-24-18-10-8-7-9-17(18)14-22-19(20-6-2)21-11-13-23-15-16(3)4;/h5,7-10,16H,1,6,11-15H2,2-4H3,(H2,20,21,22);1H. The molecule has 5 nitrogen and oxygen atoms in total. The molecule has 0 amide bonds. The molecule has 0 radical (unpaired) electrons. The van der Waals surface area contributed by atoms with Gasteiger partial charge in [-0.1, -0.05) is 44.7 Å². The minimum absolute atomic E-state index is 0. The van der Waals surface area contributed by atoms with E-state index in [1.54, 1.807) is 6.08 Å². The summed E-state index contributed by atoms with van der Waals surface area (Å²) < 4.78 is 11.2. The predicted molar refractivity (Wildman–Crippen MR) is 116 cm³/mol. The molecule has 1 aromatic rings. The van der Waals surface area contributed by atoms with E-state index in [2.05, 4.69) is 36.1 Å². The van der Waals surface area contributed by atoms with Gasteiger partial charge in [0.2, 0.25) is 0 Å². The van der Waals surface area contributed by atoms with Gasteiger partial charge >= 0.3 is 0 Å². The van der Waals surface area contributed by atoms with Crippen molar-refractivity contribution in [3.63, 3.8) is 0 Å². The highest BCUT2D eigenvalue weighted by molar-refractivity contribution is 14.0. The maximum Gasteiger partial charge on any atom is 0.191 e. The van der Waals surface area contributed by atoms with Gasteiger partial charge in [0.25, 0.3) is 0 Å². The number of rotatable bonds is 11. The highest BCUT2D eigenvalue weighted by Gasteiger charge is 2.03. The highest BCUT2D eigenvalue weighted by atomic mass is 127. The number of para-hydroxylation sites is 1. The van der Waals surface area contributed by atoms with Crippen LogP contribution in [-0.2, 0) is 11.3 Å². The highest BCUT2D eigenvalue weighted by Crippen LogP contribution is 2.18. The summed E-state index contributed by atoms with van der Waals surface area (Å²) in [4.78, 5) is 4.62. The van der Waals surface area contributed by atoms with Crippen molar-refractivity contribution in [1.82, 2.24) is 10.6 Å². The van der Waals surface area contributed by atoms with Crippen LogP contribution in [0.25, 0.3) is 0 Å². The number of aliphatic imine (C=N–C) groups is 1. The van der Waals surface area contributed by atoms with Crippen LogP contribution in [0.5, 0.6) is 5.75 Å². The zero-order chi connectivity index (χ0) is 17.6. The lowest BCUT2D eigenvalue weighted by Crippen LogP contribution is -2.39. The topological polar surface area (TPSA) is 54.9 Å². The van der Waals surface area contributed by atoms with Crippen LogP contribution in [0.15, 0.2) is 41.9 Å². The van der Waals surface area contributed by atoms with Crippen LogP contribution in [0.1, 0.15) is 26.3 Å². The van der Waals surface area contributed by atoms with Gasteiger partial charge in [-0.3, -0.25) is 0 Å². The Bertz CT molecular complexity index is 507. The Morgan fingerprint density at radius 2 is 2.04 bits per heavy atom. The average Bonchev–Trinajstić information content (AvgIpc) is 2.57. The molecule has 0 saturated heterocycles. The van der Waals surface area contributed by atoms with E-state index in [9.17, 15) is 0 Å². The molecule has 25 heavy (non-hydrogen) atoms. The van der Waals surface area contributed by atoms with Gasteiger partial charge in [-0.2, -0.15) is 0 Å². The van der Waals surface area contributed by atoms with E-state index in [-0.39, 0.29) is 24.0 Å². The number of guanidine groups is 1. The lowest BCUT2D eigenvalue weighted by Gasteiger charge is -2.13. The van der Waals surface area contributed by atoms with Crippen molar-refractivity contribution < 1.29 is 9.47 Å². The van der Waals surface area contributed by atoms with Gasteiger partial charge < -0.3 is 20.1 Å². The smallest absolute Gasteiger partial charge is 0.191 e. The van der Waals surface area contributed by atoms with Gasteiger partial charge in [0.1, 0.15) is 12.4 Å². The second kappa shape index (κ2) is 15.0. The van der Waals surface area contributed by atoms with Crippen molar-refractivity contribution in [2.24, 2.45) is 10.9 Å². The number of hydrogen-bond acceptors (Lipinski definition) is 3. The second-order valence-corrected chi connectivity index (χ2v) is 5.80. The molecule has 2 N–H and O–H groups in total. The normalized spacial score (nSPS) is 11.0. The van der Waals surface area contributed by atoms with Crippen LogP contribution in [0.4, 0.5) is 0 Å². The molecule has 0 saturated carbocycles. The van der Waals surface area contributed by atoms with E-state index in [0.29, 0.717) is 25.7 Å². The largest absolute Gasteiger partial charge is 0.489 e. The molecule has 142 valence electrons. The first-order valence-corrected chi connectivity index (χ1v) is 8.58. The zero-order valence-electron chi connectivity index (χ0n) is 15.6. The average molecular weight is 461 g/mol. The summed E-state index contributed by atoms with van der Waals surface area (Å²) in [5.74, 6) is 2.18. The van der Waals surface area contributed by atoms with Gasteiger partial charge in [-0.05, 0) is 18.9 Å². The van der Waals surface area contributed by atoms with Crippen molar-refractivity contribution >= 4 is 29.9 Å². The first-order valence-electron chi connectivity index (χ1n) is 8.58. The van der Waals surface area contributed by atoms with E-state index in [1.165, 1.54) is 0 Å². The van der Waals surface area contributed by atoms with E-state index < -0.39 is 0 Å². The SMILES string of the molecule is C=CCOc1ccccc1CN=C(NCC)NCCOCC(C)C.I. The van der Waals surface area contributed by atoms with Gasteiger partial charge in [-0.25, -0.2) is 4.99 Å². The number of nitrogens with zero attached hydrogens (tertiary/aromatic N) is 1. The van der Waals surface area contributed by atoms with Crippen molar-refractivity contribution in [3.8, 4) is 5.75 Å². The quantitative estimate of drug-likeness (QED) is 0.174. The third-order valence-corrected chi connectivity index (χ3v) is 3.07. The minimum atomic E-state index is 0. The Morgan fingerprint density at radius 3 is 2.72 bits per heavy atom. The Morgan fingerprint density at radius 1 is 1.28 bits per heavy atom. The molecule has 0 unspecified atom stereocenters. The van der Waals surface area contributed by atoms with E-state index in [1.807, 2.05) is 31.2 Å². The molecule has 0 spiro atoms. The molecule has 0 bridgehead atoms. The first-order chi connectivity index (χ1) is 11.7. The molecule has 0 fully saturated rings. The van der Waals surface area contributed by atoms with Crippen LogP contribution >= 0.6 is 24.0 Å². The van der Waals surface area contributed by atoms with Gasteiger partial charge in [0.15, 0.2) is 5.96 Å². The van der Waals surface area contributed by atoms with Gasteiger partial charge in [-0.15, -0.1) is 24.0 Å². The summed E-state index contributed by atoms with van der Waals surface area (Å²) >= 11 is 0. The van der Waals surface area contributed by atoms with Crippen molar-refractivity contribution in [2.75, 3.05) is 32.9 Å². The fourth-order valence-electron chi connectivity index (χ4n) is 1.99. The predicted octanol–water partition coefficient (Wildman–Crippen LogP) is 3.60. The maximum atomic E-state index is 5.67. The number of nitrogens with one attached hydrogen (secondary N) is 2. The third kappa shape index (κ3) is 11.0. The van der Waals surface area contributed by atoms with Crippen LogP contribution in [0.2, 0.25) is 0 Å². The van der Waals surface area contributed by atoms with Crippen LogP contribution < -0.4 is 15.4 Å². The number of hydrogen-bond donors (Lipinski definition) is 2. The minimum Gasteiger partial charge on any atom is -0.489 e. The van der Waals surface area contributed by atoms with E-state index in [0.717, 1.165) is 37.0 Å².